The average Bonchev–Trinajstić information content (AvgIpc) is 2.78. The first-order valence-electron chi connectivity index (χ1n) is 11.2. The van der Waals surface area contributed by atoms with Gasteiger partial charge in [0.05, 0.1) is 0 Å². The molecule has 4 rings (SSSR count). The van der Waals surface area contributed by atoms with Crippen molar-refractivity contribution in [1.29, 1.82) is 0 Å². The Bertz CT molecular complexity index is 1210. The fourth-order valence-corrected chi connectivity index (χ4v) is 3.64. The summed E-state index contributed by atoms with van der Waals surface area (Å²) in [5.41, 5.74) is 5.42. The van der Waals surface area contributed by atoms with Crippen LogP contribution in [0.5, 0.6) is 0 Å². The molecular formula is C27H28FN5. The number of unbranched alkanes of at least 4 members (excludes halogenated alkanes) is 1. The van der Waals surface area contributed by atoms with Crippen LogP contribution in [-0.4, -0.2) is 15.0 Å². The molecule has 2 N–H and O–H groups in total. The highest BCUT2D eigenvalue weighted by atomic mass is 19.1. The minimum atomic E-state index is -0.285. The van der Waals surface area contributed by atoms with Crippen molar-refractivity contribution in [3.63, 3.8) is 0 Å². The van der Waals surface area contributed by atoms with Gasteiger partial charge in [-0.05, 0) is 80.6 Å². The fourth-order valence-electron chi connectivity index (χ4n) is 3.64. The predicted molar refractivity (Wildman–Crippen MR) is 132 cm³/mol. The molecule has 168 valence electrons. The number of hydrogen-bond acceptors (Lipinski definition) is 5. The van der Waals surface area contributed by atoms with E-state index >= 15 is 0 Å². The van der Waals surface area contributed by atoms with E-state index in [1.165, 1.54) is 23.3 Å². The van der Waals surface area contributed by atoms with Gasteiger partial charge in [0.1, 0.15) is 11.6 Å². The second kappa shape index (κ2) is 10.7. The summed E-state index contributed by atoms with van der Waals surface area (Å²) in [5.74, 6) is 1.34. The smallest absolute Gasteiger partial charge is 0.232 e. The van der Waals surface area contributed by atoms with Gasteiger partial charge in [0.25, 0.3) is 0 Å². The Labute approximate surface area is 194 Å². The van der Waals surface area contributed by atoms with Crippen LogP contribution in [0.2, 0.25) is 0 Å². The molecule has 0 saturated carbocycles. The second-order valence-corrected chi connectivity index (χ2v) is 8.22. The molecule has 0 saturated heterocycles. The van der Waals surface area contributed by atoms with Crippen molar-refractivity contribution in [2.75, 3.05) is 10.6 Å². The predicted octanol–water partition coefficient (Wildman–Crippen LogP) is 6.68. The highest BCUT2D eigenvalue weighted by molar-refractivity contribution is 5.58. The molecule has 4 aromatic rings. The first kappa shape index (κ1) is 22.4. The molecule has 1 aromatic heterocycles. The van der Waals surface area contributed by atoms with Gasteiger partial charge in [-0.25, -0.2) is 4.39 Å². The molecule has 0 radical (unpaired) electrons. The topological polar surface area (TPSA) is 62.7 Å². The Morgan fingerprint density at radius 3 is 2.00 bits per heavy atom. The van der Waals surface area contributed by atoms with Gasteiger partial charge >= 0.3 is 0 Å². The van der Waals surface area contributed by atoms with Gasteiger partial charge < -0.3 is 10.6 Å². The highest BCUT2D eigenvalue weighted by Crippen LogP contribution is 2.19. The summed E-state index contributed by atoms with van der Waals surface area (Å²) in [6.45, 7) is 4.16. The molecule has 1 heterocycles. The number of anilines is 4. The Morgan fingerprint density at radius 1 is 0.667 bits per heavy atom. The SMILES string of the molecule is Cc1cccc(CCCCc2nc(Nc3ccc(F)cc3)nc(Nc3cccc(C)c3)n2)c1. The largest absolute Gasteiger partial charge is 0.324 e. The van der Waals surface area contributed by atoms with Crippen LogP contribution >= 0.6 is 0 Å². The summed E-state index contributed by atoms with van der Waals surface area (Å²) in [4.78, 5) is 13.8. The number of nitrogens with one attached hydrogen (secondary N) is 2. The van der Waals surface area contributed by atoms with Gasteiger partial charge in [0.15, 0.2) is 0 Å². The van der Waals surface area contributed by atoms with Crippen molar-refractivity contribution >= 4 is 23.3 Å². The van der Waals surface area contributed by atoms with E-state index in [1.54, 1.807) is 12.1 Å². The molecule has 0 atom stereocenters. The molecular weight excluding hydrogens is 413 g/mol. The molecule has 0 amide bonds. The van der Waals surface area contributed by atoms with Crippen molar-refractivity contribution in [1.82, 2.24) is 15.0 Å². The van der Waals surface area contributed by atoms with Crippen molar-refractivity contribution in [2.45, 2.75) is 39.5 Å². The second-order valence-electron chi connectivity index (χ2n) is 8.22. The lowest BCUT2D eigenvalue weighted by atomic mass is 10.0. The molecule has 0 aliphatic carbocycles. The molecule has 5 nitrogen and oxygen atoms in total. The summed E-state index contributed by atoms with van der Waals surface area (Å²) in [6.07, 6.45) is 3.80. The van der Waals surface area contributed by atoms with Gasteiger partial charge in [-0.2, -0.15) is 15.0 Å². The van der Waals surface area contributed by atoms with E-state index in [2.05, 4.69) is 56.8 Å². The van der Waals surface area contributed by atoms with Crippen molar-refractivity contribution in [3.05, 3.63) is 101 Å². The van der Waals surface area contributed by atoms with Crippen molar-refractivity contribution in [3.8, 4) is 0 Å². The lowest BCUT2D eigenvalue weighted by molar-refractivity contribution is 0.628. The maximum atomic E-state index is 13.3. The lowest BCUT2D eigenvalue weighted by Gasteiger charge is -2.11. The molecule has 0 aliphatic rings. The van der Waals surface area contributed by atoms with Crippen LogP contribution in [0.15, 0.2) is 72.8 Å². The minimum Gasteiger partial charge on any atom is -0.324 e. The molecule has 33 heavy (non-hydrogen) atoms. The van der Waals surface area contributed by atoms with E-state index in [-0.39, 0.29) is 5.82 Å². The van der Waals surface area contributed by atoms with E-state index in [1.807, 2.05) is 31.2 Å². The summed E-state index contributed by atoms with van der Waals surface area (Å²) in [6, 6.07) is 22.8. The zero-order chi connectivity index (χ0) is 23.0. The third-order valence-corrected chi connectivity index (χ3v) is 5.25. The van der Waals surface area contributed by atoms with Crippen LogP contribution in [0, 0.1) is 19.7 Å². The van der Waals surface area contributed by atoms with Crippen LogP contribution in [-0.2, 0) is 12.8 Å². The zero-order valence-electron chi connectivity index (χ0n) is 19.0. The Morgan fingerprint density at radius 2 is 1.30 bits per heavy atom. The lowest BCUT2D eigenvalue weighted by Crippen LogP contribution is -2.08. The number of hydrogen-bond donors (Lipinski definition) is 2. The summed E-state index contributed by atoms with van der Waals surface area (Å²) >= 11 is 0. The highest BCUT2D eigenvalue weighted by Gasteiger charge is 2.09. The Kier molecular flexibility index (Phi) is 7.25. The monoisotopic (exact) mass is 441 g/mol. The molecule has 6 heteroatoms. The minimum absolute atomic E-state index is 0.285. The fraction of sp³-hybridized carbons (Fsp3) is 0.222. The molecule has 0 spiro atoms. The van der Waals surface area contributed by atoms with Crippen LogP contribution in [0.25, 0.3) is 0 Å². The van der Waals surface area contributed by atoms with E-state index in [9.17, 15) is 4.39 Å². The quantitative estimate of drug-likeness (QED) is 0.284. The van der Waals surface area contributed by atoms with Gasteiger partial charge in [-0.3, -0.25) is 0 Å². The van der Waals surface area contributed by atoms with E-state index in [0.29, 0.717) is 17.7 Å². The van der Waals surface area contributed by atoms with Gasteiger partial charge in [0.2, 0.25) is 11.9 Å². The maximum absolute atomic E-state index is 13.3. The normalized spacial score (nSPS) is 10.8. The summed E-state index contributed by atoms with van der Waals surface area (Å²) < 4.78 is 13.3. The number of aryl methyl sites for hydroxylation is 4. The van der Waals surface area contributed by atoms with Crippen molar-refractivity contribution in [2.24, 2.45) is 0 Å². The van der Waals surface area contributed by atoms with Gasteiger partial charge in [-0.15, -0.1) is 0 Å². The van der Waals surface area contributed by atoms with E-state index < -0.39 is 0 Å². The third-order valence-electron chi connectivity index (χ3n) is 5.25. The van der Waals surface area contributed by atoms with Crippen LogP contribution in [0.3, 0.4) is 0 Å². The molecule has 0 aliphatic heterocycles. The molecule has 0 unspecified atom stereocenters. The third kappa shape index (κ3) is 6.84. The molecule has 0 bridgehead atoms. The number of nitrogens with zero attached hydrogens (tertiary/aromatic N) is 3. The average molecular weight is 442 g/mol. The first-order chi connectivity index (χ1) is 16.0. The van der Waals surface area contributed by atoms with E-state index in [4.69, 9.17) is 0 Å². The van der Waals surface area contributed by atoms with Crippen LogP contribution in [0.4, 0.5) is 27.7 Å². The van der Waals surface area contributed by atoms with Gasteiger partial charge in [0, 0.05) is 17.8 Å². The van der Waals surface area contributed by atoms with Crippen LogP contribution in [0.1, 0.15) is 35.4 Å². The Balaban J connectivity index is 1.48. The molecule has 0 fully saturated rings. The number of halogens is 1. The number of aromatic nitrogens is 3. The van der Waals surface area contributed by atoms with Crippen LogP contribution < -0.4 is 10.6 Å². The van der Waals surface area contributed by atoms with Crippen molar-refractivity contribution < 1.29 is 4.39 Å². The summed E-state index contributed by atoms with van der Waals surface area (Å²) in [7, 11) is 0. The Hall–Kier alpha value is -3.80. The summed E-state index contributed by atoms with van der Waals surface area (Å²) in [5, 5.41) is 6.44. The first-order valence-corrected chi connectivity index (χ1v) is 11.2. The zero-order valence-corrected chi connectivity index (χ0v) is 19.0. The number of rotatable bonds is 9. The van der Waals surface area contributed by atoms with Gasteiger partial charge in [-0.1, -0.05) is 42.0 Å². The standard InChI is InChI=1S/C27H28FN5/c1-19-7-5-10-21(17-19)9-3-4-12-25-31-26(29-23-15-13-22(28)14-16-23)33-27(32-25)30-24-11-6-8-20(2)18-24/h5-8,10-11,13-18H,3-4,9,12H2,1-2H3,(H2,29,30,31,32,33). The maximum Gasteiger partial charge on any atom is 0.232 e. The molecule has 3 aromatic carbocycles. The van der Waals surface area contributed by atoms with E-state index in [0.717, 1.165) is 42.6 Å². The number of benzene rings is 3.